The maximum atomic E-state index is 4.24. The summed E-state index contributed by atoms with van der Waals surface area (Å²) in [5.74, 6) is 0. The van der Waals surface area contributed by atoms with Crippen molar-refractivity contribution in [1.29, 1.82) is 0 Å². The molecule has 0 saturated heterocycles. The van der Waals surface area contributed by atoms with Crippen molar-refractivity contribution in [3.63, 3.8) is 0 Å². The molecule has 2 aromatic rings. The molecule has 0 aliphatic carbocycles. The van der Waals surface area contributed by atoms with Crippen LogP contribution in [0.4, 0.5) is 0 Å². The summed E-state index contributed by atoms with van der Waals surface area (Å²) >= 11 is 0. The first-order chi connectivity index (χ1) is 6.79. The predicted molar refractivity (Wildman–Crippen MR) is 62.1 cm³/mol. The third-order valence-corrected chi connectivity index (χ3v) is 1.87. The molecule has 1 aromatic carbocycles. The second-order valence-corrected chi connectivity index (χ2v) is 3.14. The Bertz CT molecular complexity index is 397. The van der Waals surface area contributed by atoms with Crippen LogP contribution < -0.4 is 0 Å². The molecule has 0 radical (unpaired) electrons. The van der Waals surface area contributed by atoms with Crippen LogP contribution in [-0.4, -0.2) is 4.98 Å². The van der Waals surface area contributed by atoms with Gasteiger partial charge in [0.1, 0.15) is 0 Å². The van der Waals surface area contributed by atoms with Crippen molar-refractivity contribution in [2.75, 3.05) is 0 Å². The first-order valence-electron chi connectivity index (χ1n) is 4.89. The van der Waals surface area contributed by atoms with E-state index in [0.29, 0.717) is 0 Å². The summed E-state index contributed by atoms with van der Waals surface area (Å²) in [5.41, 5.74) is 2.36. The van der Waals surface area contributed by atoms with Crippen LogP contribution >= 0.6 is 0 Å². The Morgan fingerprint density at radius 3 is 2.25 bits per heavy atom. The summed E-state index contributed by atoms with van der Waals surface area (Å²) in [7, 11) is 0. The van der Waals surface area contributed by atoms with Gasteiger partial charge in [0.15, 0.2) is 0 Å². The first-order valence-corrected chi connectivity index (χ1v) is 4.89. The van der Waals surface area contributed by atoms with Crippen LogP contribution in [0.1, 0.15) is 18.9 Å². The number of nitrogens with zero attached hydrogens (tertiary/aromatic N) is 1. The fourth-order valence-electron chi connectivity index (χ4n) is 1.24. The van der Waals surface area contributed by atoms with Crippen molar-refractivity contribution >= 4 is 10.9 Å². The molecular formula is C13H16NW2-. The van der Waals surface area contributed by atoms with Crippen LogP contribution in [0.2, 0.25) is 0 Å². The molecular weight excluding hydrogens is 538 g/mol. The van der Waals surface area contributed by atoms with Crippen molar-refractivity contribution < 1.29 is 42.1 Å². The minimum Gasteiger partial charge on any atom is -0.344 e. The molecule has 0 bridgehead atoms. The summed E-state index contributed by atoms with van der Waals surface area (Å²) in [6, 6.07) is 10.2. The van der Waals surface area contributed by atoms with Gasteiger partial charge in [-0.1, -0.05) is 25.1 Å². The van der Waals surface area contributed by atoms with E-state index in [-0.39, 0.29) is 42.1 Å². The summed E-state index contributed by atoms with van der Waals surface area (Å²) < 4.78 is 0. The fraction of sp³-hybridized carbons (Fsp3) is 0.231. The number of hydrogen-bond acceptors (Lipinski definition) is 1. The summed E-state index contributed by atoms with van der Waals surface area (Å²) in [6.45, 7) is 7.60. The van der Waals surface area contributed by atoms with E-state index in [0.717, 1.165) is 11.9 Å². The second kappa shape index (κ2) is 10.2. The number of aromatic nitrogens is 1. The van der Waals surface area contributed by atoms with Crippen LogP contribution in [0.25, 0.3) is 10.9 Å². The molecule has 0 atom stereocenters. The normalized spacial score (nSPS) is 8.19. The summed E-state index contributed by atoms with van der Waals surface area (Å²) in [5, 5.41) is 1.25. The monoisotopic (exact) mass is 554 g/mol. The van der Waals surface area contributed by atoms with Gasteiger partial charge in [0.2, 0.25) is 0 Å². The van der Waals surface area contributed by atoms with Gasteiger partial charge in [0.25, 0.3) is 0 Å². The molecule has 2 rings (SSSR count). The molecule has 0 spiro atoms. The topological polar surface area (TPSA) is 12.9 Å². The molecule has 3 heteroatoms. The van der Waals surface area contributed by atoms with Gasteiger partial charge in [-0.2, -0.15) is 6.42 Å². The van der Waals surface area contributed by atoms with Gasteiger partial charge in [-0.25, -0.2) is 0 Å². The van der Waals surface area contributed by atoms with Gasteiger partial charge in [-0.05, 0) is 24.6 Å². The molecule has 1 nitrogen and oxygen atoms in total. The molecule has 0 N–H and O–H groups in total. The predicted octanol–water partition coefficient (Wildman–Crippen LogP) is 3.77. The average molecular weight is 554 g/mol. The molecule has 0 unspecified atom stereocenters. The van der Waals surface area contributed by atoms with Gasteiger partial charge in [-0.3, -0.25) is 4.98 Å². The molecule has 0 aliphatic rings. The molecule has 1 aromatic heterocycles. The summed E-state index contributed by atoms with van der Waals surface area (Å²) in [4.78, 5) is 4.24. The zero-order valence-electron chi connectivity index (χ0n) is 9.64. The van der Waals surface area contributed by atoms with E-state index in [1.165, 1.54) is 10.9 Å². The average Bonchev–Trinajstić information content (AvgIpc) is 2.20. The van der Waals surface area contributed by atoms with Gasteiger partial charge >= 0.3 is 0 Å². The molecule has 0 fully saturated rings. The van der Waals surface area contributed by atoms with Gasteiger partial charge in [-0.15, -0.1) is 0 Å². The third kappa shape index (κ3) is 5.37. The Balaban J connectivity index is 0. The fourth-order valence-corrected chi connectivity index (χ4v) is 1.24. The maximum Gasteiger partial charge on any atom is 0.0704 e. The van der Waals surface area contributed by atoms with Crippen molar-refractivity contribution in [2.24, 2.45) is 0 Å². The molecule has 0 aliphatic heterocycles. The van der Waals surface area contributed by atoms with Crippen molar-refractivity contribution in [2.45, 2.75) is 20.3 Å². The minimum absolute atomic E-state index is 0. The largest absolute Gasteiger partial charge is 0.344 e. The zero-order valence-corrected chi connectivity index (χ0v) is 15.5. The standard InChI is InChI=1S/C10H9N.C3H7.2W/c1-8-6-7-11-10-5-3-2-4-9(8)10;1-3-2;;/h2-7H,1H3;1,3H2,2H3;;/q;-1;;. The molecule has 0 amide bonds. The number of pyridine rings is 1. The van der Waals surface area contributed by atoms with E-state index in [1.807, 2.05) is 37.4 Å². The Hall–Kier alpha value is 0.00662. The third-order valence-electron chi connectivity index (χ3n) is 1.87. The first kappa shape index (κ1) is 18.4. The minimum atomic E-state index is 0. The van der Waals surface area contributed by atoms with Crippen LogP contribution in [0, 0.1) is 13.8 Å². The van der Waals surface area contributed by atoms with Gasteiger partial charge in [0, 0.05) is 53.7 Å². The van der Waals surface area contributed by atoms with Crippen molar-refractivity contribution in [3.8, 4) is 0 Å². The van der Waals surface area contributed by atoms with Gasteiger partial charge < -0.3 is 6.92 Å². The Morgan fingerprint density at radius 2 is 1.69 bits per heavy atom. The van der Waals surface area contributed by atoms with Gasteiger partial charge in [0.05, 0.1) is 5.52 Å². The quantitative estimate of drug-likeness (QED) is 0.453. The Morgan fingerprint density at radius 1 is 1.12 bits per heavy atom. The number of rotatable bonds is 0. The number of benzene rings is 1. The van der Waals surface area contributed by atoms with Crippen LogP contribution in [0.15, 0.2) is 36.5 Å². The Kier molecular flexibility index (Phi) is 11.7. The van der Waals surface area contributed by atoms with Crippen LogP contribution in [0.5, 0.6) is 0 Å². The Labute approximate surface area is 127 Å². The molecule has 16 heavy (non-hydrogen) atoms. The zero-order chi connectivity index (χ0) is 10.4. The molecule has 86 valence electrons. The number of para-hydroxylation sites is 1. The van der Waals surface area contributed by atoms with Crippen LogP contribution in [0.3, 0.4) is 0 Å². The van der Waals surface area contributed by atoms with E-state index < -0.39 is 0 Å². The number of hydrogen-bond donors (Lipinski definition) is 0. The van der Waals surface area contributed by atoms with Crippen molar-refractivity contribution in [3.05, 3.63) is 49.0 Å². The smallest absolute Gasteiger partial charge is 0.0704 e. The van der Waals surface area contributed by atoms with E-state index >= 15 is 0 Å². The van der Waals surface area contributed by atoms with E-state index in [9.17, 15) is 0 Å². The van der Waals surface area contributed by atoms with E-state index in [1.54, 1.807) is 0 Å². The van der Waals surface area contributed by atoms with E-state index in [4.69, 9.17) is 0 Å². The SMILES string of the molecule is Cc1ccnc2ccccc12.[CH2-]CC.[W].[W]. The second-order valence-electron chi connectivity index (χ2n) is 3.14. The van der Waals surface area contributed by atoms with E-state index in [2.05, 4.69) is 24.9 Å². The molecule has 1 heterocycles. The number of fused-ring (bicyclic) bond motifs is 1. The number of aryl methyl sites for hydroxylation is 1. The van der Waals surface area contributed by atoms with Crippen LogP contribution in [-0.2, 0) is 42.1 Å². The van der Waals surface area contributed by atoms with Crippen molar-refractivity contribution in [1.82, 2.24) is 4.98 Å². The molecule has 0 saturated carbocycles. The maximum absolute atomic E-state index is 4.24. The summed E-state index contributed by atoms with van der Waals surface area (Å²) in [6.07, 6.45) is 2.84.